The molecule has 0 aromatic heterocycles. The van der Waals surface area contributed by atoms with Gasteiger partial charge >= 0.3 is 0 Å². The molecule has 1 unspecified atom stereocenters. The van der Waals surface area contributed by atoms with Gasteiger partial charge in [-0.15, -0.1) is 0 Å². The number of nitrogen functional groups attached to an aromatic ring is 1. The second kappa shape index (κ2) is 5.19. The van der Waals surface area contributed by atoms with Crippen molar-refractivity contribution >= 4 is 11.6 Å². The van der Waals surface area contributed by atoms with Gasteiger partial charge in [0.15, 0.2) is 0 Å². The van der Waals surface area contributed by atoms with Gasteiger partial charge in [0.25, 0.3) is 5.91 Å². The molecular weight excluding hydrogens is 242 g/mol. The Morgan fingerprint density at radius 2 is 2.16 bits per heavy atom. The van der Waals surface area contributed by atoms with Crippen molar-refractivity contribution in [3.8, 4) is 0 Å². The molecule has 1 fully saturated rings. The van der Waals surface area contributed by atoms with Crippen molar-refractivity contribution in [2.75, 3.05) is 18.5 Å². The normalized spacial score (nSPS) is 22.1. The van der Waals surface area contributed by atoms with Crippen LogP contribution in [0.1, 0.15) is 31.1 Å². The molecule has 19 heavy (non-hydrogen) atoms. The van der Waals surface area contributed by atoms with Crippen LogP contribution < -0.4 is 11.3 Å². The number of nitrogens with one attached hydrogen (secondary N) is 1. The van der Waals surface area contributed by atoms with E-state index in [0.29, 0.717) is 24.3 Å². The van der Waals surface area contributed by atoms with Gasteiger partial charge in [-0.1, -0.05) is 12.1 Å². The lowest BCUT2D eigenvalue weighted by Gasteiger charge is -2.41. The Kier molecular flexibility index (Phi) is 3.78. The number of hydrogen-bond donors (Lipinski definition) is 2. The zero-order valence-corrected chi connectivity index (χ0v) is 11.6. The SMILES string of the molecule is CC1CN(C(=O)c2ccccc2NN)CC(C)(C)O1. The van der Waals surface area contributed by atoms with Crippen LogP contribution >= 0.6 is 0 Å². The molecule has 1 aromatic rings. The number of para-hydroxylation sites is 1. The van der Waals surface area contributed by atoms with E-state index in [9.17, 15) is 4.79 Å². The number of amides is 1. The highest BCUT2D eigenvalue weighted by Gasteiger charge is 2.34. The fourth-order valence-corrected chi connectivity index (χ4v) is 2.57. The maximum absolute atomic E-state index is 12.6. The molecule has 104 valence electrons. The number of carbonyl (C=O) groups excluding carboxylic acids is 1. The Morgan fingerprint density at radius 1 is 1.47 bits per heavy atom. The van der Waals surface area contributed by atoms with Crippen LogP contribution in [-0.4, -0.2) is 35.6 Å². The van der Waals surface area contributed by atoms with Gasteiger partial charge in [0.1, 0.15) is 0 Å². The molecule has 1 atom stereocenters. The van der Waals surface area contributed by atoms with Crippen LogP contribution in [0.2, 0.25) is 0 Å². The fourth-order valence-electron chi connectivity index (χ4n) is 2.57. The van der Waals surface area contributed by atoms with Crippen molar-refractivity contribution in [2.45, 2.75) is 32.5 Å². The van der Waals surface area contributed by atoms with Crippen LogP contribution in [0.4, 0.5) is 5.69 Å². The average Bonchev–Trinajstić information content (AvgIpc) is 2.35. The minimum atomic E-state index is -0.321. The molecule has 1 aromatic carbocycles. The lowest BCUT2D eigenvalue weighted by atomic mass is 10.0. The first-order valence-electron chi connectivity index (χ1n) is 6.46. The minimum Gasteiger partial charge on any atom is -0.369 e. The Balaban J connectivity index is 2.24. The first-order valence-corrected chi connectivity index (χ1v) is 6.46. The molecule has 5 nitrogen and oxygen atoms in total. The van der Waals surface area contributed by atoms with E-state index in [0.717, 1.165) is 0 Å². The molecule has 5 heteroatoms. The topological polar surface area (TPSA) is 67.6 Å². The zero-order valence-electron chi connectivity index (χ0n) is 11.6. The molecule has 0 aliphatic carbocycles. The van der Waals surface area contributed by atoms with Crippen molar-refractivity contribution in [1.29, 1.82) is 0 Å². The van der Waals surface area contributed by atoms with E-state index < -0.39 is 0 Å². The van der Waals surface area contributed by atoms with Gasteiger partial charge in [0.05, 0.1) is 23.0 Å². The molecule has 1 aliphatic rings. The smallest absolute Gasteiger partial charge is 0.256 e. The monoisotopic (exact) mass is 263 g/mol. The Morgan fingerprint density at radius 3 is 2.79 bits per heavy atom. The average molecular weight is 263 g/mol. The summed E-state index contributed by atoms with van der Waals surface area (Å²) in [6.07, 6.45) is 0.0331. The zero-order chi connectivity index (χ0) is 14.0. The van der Waals surface area contributed by atoms with E-state index in [4.69, 9.17) is 10.6 Å². The van der Waals surface area contributed by atoms with E-state index in [1.165, 1.54) is 0 Å². The van der Waals surface area contributed by atoms with Crippen LogP contribution in [0.3, 0.4) is 0 Å². The molecule has 1 amide bonds. The van der Waals surface area contributed by atoms with Gasteiger partial charge in [-0.05, 0) is 32.9 Å². The fraction of sp³-hybridized carbons (Fsp3) is 0.500. The first-order chi connectivity index (χ1) is 8.93. The molecular formula is C14H21N3O2. The number of hydrogen-bond acceptors (Lipinski definition) is 4. The summed E-state index contributed by atoms with van der Waals surface area (Å²) in [7, 11) is 0. The maximum Gasteiger partial charge on any atom is 0.256 e. The molecule has 0 radical (unpaired) electrons. The highest BCUT2D eigenvalue weighted by atomic mass is 16.5. The third-order valence-corrected chi connectivity index (χ3v) is 3.17. The lowest BCUT2D eigenvalue weighted by Crippen LogP contribution is -2.53. The van der Waals surface area contributed by atoms with Gasteiger partial charge < -0.3 is 15.1 Å². The number of nitrogens with two attached hydrogens (primary N) is 1. The van der Waals surface area contributed by atoms with E-state index in [1.807, 2.05) is 37.8 Å². The number of carbonyl (C=O) groups is 1. The Labute approximate surface area is 113 Å². The van der Waals surface area contributed by atoms with Gasteiger partial charge in [-0.3, -0.25) is 10.6 Å². The van der Waals surface area contributed by atoms with Crippen LogP contribution in [-0.2, 0) is 4.74 Å². The van der Waals surface area contributed by atoms with Crippen LogP contribution in [0.5, 0.6) is 0 Å². The highest BCUT2D eigenvalue weighted by molar-refractivity contribution is 5.99. The number of rotatable bonds is 2. The molecule has 0 saturated carbocycles. The van der Waals surface area contributed by atoms with Crippen molar-refractivity contribution in [3.63, 3.8) is 0 Å². The molecule has 0 spiro atoms. The van der Waals surface area contributed by atoms with Gasteiger partial charge in [0, 0.05) is 13.1 Å². The number of morpholine rings is 1. The number of anilines is 1. The van der Waals surface area contributed by atoms with Gasteiger partial charge in [-0.2, -0.15) is 0 Å². The summed E-state index contributed by atoms with van der Waals surface area (Å²) < 4.78 is 5.81. The van der Waals surface area contributed by atoms with E-state index in [-0.39, 0.29) is 17.6 Å². The standard InChI is InChI=1S/C14H21N3O2/c1-10-8-17(9-14(2,3)19-10)13(18)11-6-4-5-7-12(11)16-15/h4-7,10,16H,8-9,15H2,1-3H3. The summed E-state index contributed by atoms with van der Waals surface area (Å²) in [5, 5.41) is 0. The molecule has 1 aliphatic heterocycles. The number of ether oxygens (including phenoxy) is 1. The Bertz CT molecular complexity index is 474. The molecule has 0 bridgehead atoms. The largest absolute Gasteiger partial charge is 0.369 e. The second-order valence-electron chi connectivity index (χ2n) is 5.56. The van der Waals surface area contributed by atoms with Crippen LogP contribution in [0.25, 0.3) is 0 Å². The van der Waals surface area contributed by atoms with E-state index >= 15 is 0 Å². The summed E-state index contributed by atoms with van der Waals surface area (Å²) in [6, 6.07) is 7.26. The maximum atomic E-state index is 12.6. The molecule has 1 saturated heterocycles. The summed E-state index contributed by atoms with van der Waals surface area (Å²) in [5.74, 6) is 5.44. The molecule has 3 N–H and O–H groups in total. The second-order valence-corrected chi connectivity index (χ2v) is 5.56. The third-order valence-electron chi connectivity index (χ3n) is 3.17. The number of benzene rings is 1. The van der Waals surface area contributed by atoms with Crippen molar-refractivity contribution < 1.29 is 9.53 Å². The third kappa shape index (κ3) is 3.05. The van der Waals surface area contributed by atoms with Crippen molar-refractivity contribution in [1.82, 2.24) is 4.90 Å². The quantitative estimate of drug-likeness (QED) is 0.628. The van der Waals surface area contributed by atoms with Crippen molar-refractivity contribution in [3.05, 3.63) is 29.8 Å². The molecule has 2 rings (SSSR count). The lowest BCUT2D eigenvalue weighted by molar-refractivity contribution is -0.118. The summed E-state index contributed by atoms with van der Waals surface area (Å²) in [4.78, 5) is 14.4. The summed E-state index contributed by atoms with van der Waals surface area (Å²) in [6.45, 7) is 7.15. The van der Waals surface area contributed by atoms with Crippen LogP contribution in [0.15, 0.2) is 24.3 Å². The number of nitrogens with zero attached hydrogens (tertiary/aromatic N) is 1. The Hall–Kier alpha value is -1.59. The van der Waals surface area contributed by atoms with E-state index in [2.05, 4.69) is 5.43 Å². The van der Waals surface area contributed by atoms with Gasteiger partial charge in [0.2, 0.25) is 0 Å². The number of hydrazine groups is 1. The van der Waals surface area contributed by atoms with Crippen LogP contribution in [0, 0.1) is 0 Å². The predicted molar refractivity (Wildman–Crippen MR) is 74.8 cm³/mol. The molecule has 1 heterocycles. The predicted octanol–water partition coefficient (Wildman–Crippen LogP) is 1.61. The summed E-state index contributed by atoms with van der Waals surface area (Å²) in [5.41, 5.74) is 3.48. The summed E-state index contributed by atoms with van der Waals surface area (Å²) >= 11 is 0. The first kappa shape index (κ1) is 13.8. The van der Waals surface area contributed by atoms with Crippen molar-refractivity contribution in [2.24, 2.45) is 5.84 Å². The minimum absolute atomic E-state index is 0.0169. The van der Waals surface area contributed by atoms with Gasteiger partial charge in [-0.25, -0.2) is 0 Å². The van der Waals surface area contributed by atoms with E-state index in [1.54, 1.807) is 12.1 Å². The highest BCUT2D eigenvalue weighted by Crippen LogP contribution is 2.24.